The second-order valence-corrected chi connectivity index (χ2v) is 14.6. The zero-order valence-electron chi connectivity index (χ0n) is 26.5. The van der Waals surface area contributed by atoms with Crippen molar-refractivity contribution in [3.63, 3.8) is 0 Å². The van der Waals surface area contributed by atoms with Crippen LogP contribution in [0.3, 0.4) is 0 Å². The van der Waals surface area contributed by atoms with Crippen LogP contribution in [0, 0.1) is 17.8 Å². The fourth-order valence-corrected chi connectivity index (χ4v) is 10.5. The second-order valence-electron chi connectivity index (χ2n) is 12.6. The van der Waals surface area contributed by atoms with Crippen LogP contribution in [0.4, 0.5) is 11.4 Å². The zero-order chi connectivity index (χ0) is 33.3. The Balaban J connectivity index is 1.47. The van der Waals surface area contributed by atoms with E-state index in [1.54, 1.807) is 62.9 Å². The van der Waals surface area contributed by atoms with Crippen molar-refractivity contribution >= 4 is 52.5 Å². The number of hydrogen-bond donors (Lipinski definition) is 1. The molecule has 9 heteroatoms. The van der Waals surface area contributed by atoms with Crippen molar-refractivity contribution in [3.05, 3.63) is 121 Å². The molecule has 0 radical (unpaired) electrons. The Bertz CT molecular complexity index is 1640. The van der Waals surface area contributed by atoms with E-state index in [1.165, 1.54) is 0 Å². The molecule has 0 saturated carbocycles. The Morgan fingerprint density at radius 1 is 0.957 bits per heavy atom. The van der Waals surface area contributed by atoms with E-state index in [9.17, 15) is 9.90 Å². The Morgan fingerprint density at radius 3 is 2.13 bits per heavy atom. The molecule has 244 valence electrons. The van der Waals surface area contributed by atoms with E-state index in [0.717, 1.165) is 11.3 Å². The summed E-state index contributed by atoms with van der Waals surface area (Å²) in [6.07, 6.45) is 4.42. The number of aliphatic hydroxyl groups excluding tert-OH is 1. The third-order valence-corrected chi connectivity index (χ3v) is 12.3. The summed E-state index contributed by atoms with van der Waals surface area (Å²) in [5.41, 5.74) is 2.31. The van der Waals surface area contributed by atoms with E-state index < -0.39 is 28.7 Å². The first kappa shape index (κ1) is 33.1. The minimum atomic E-state index is -0.913. The minimum absolute atomic E-state index is 0.0362. The van der Waals surface area contributed by atoms with E-state index >= 15 is 9.59 Å². The molecule has 6 rings (SSSR count). The lowest BCUT2D eigenvalue weighted by atomic mass is 9.65. The number of para-hydroxylation sites is 1. The average molecular weight is 670 g/mol. The average Bonchev–Trinajstić information content (AvgIpc) is 3.69. The molecule has 3 fully saturated rings. The maximum absolute atomic E-state index is 15.1. The van der Waals surface area contributed by atoms with Crippen LogP contribution < -0.4 is 9.80 Å². The number of nitrogens with zero attached hydrogens (tertiary/aromatic N) is 3. The van der Waals surface area contributed by atoms with Crippen LogP contribution in [0.15, 0.2) is 110 Å². The lowest BCUT2D eigenvalue weighted by Gasteiger charge is -2.42. The number of anilines is 2. The molecule has 1 N–H and O–H groups in total. The van der Waals surface area contributed by atoms with E-state index in [1.807, 2.05) is 60.7 Å². The molecular weight excluding hydrogens is 630 g/mol. The number of benzene rings is 3. The first-order valence-electron chi connectivity index (χ1n) is 16.1. The molecule has 7 nitrogen and oxygen atoms in total. The van der Waals surface area contributed by atoms with E-state index in [2.05, 4.69) is 20.1 Å². The molecule has 3 aliphatic rings. The maximum atomic E-state index is 15.1. The SMILES string of the molecule is C=CCN(C(=O)C1N([C@@H](CO)Cc2ccccc2)C(=O)[C@@H]2[C@@H](C(=O)N(CC=C)c3ccccc3)[C@H]3CC(C)C12S3)c1ccc(Cl)cc1. The van der Waals surface area contributed by atoms with Crippen LogP contribution in [0.2, 0.25) is 5.02 Å². The van der Waals surface area contributed by atoms with Crippen molar-refractivity contribution in [1.82, 2.24) is 4.90 Å². The third-order valence-electron chi connectivity index (χ3n) is 9.98. The van der Waals surface area contributed by atoms with Gasteiger partial charge in [0.15, 0.2) is 0 Å². The van der Waals surface area contributed by atoms with Gasteiger partial charge in [-0.1, -0.05) is 79.2 Å². The maximum Gasteiger partial charge on any atom is 0.251 e. The van der Waals surface area contributed by atoms with Crippen LogP contribution >= 0.6 is 23.4 Å². The van der Waals surface area contributed by atoms with Crippen molar-refractivity contribution in [3.8, 4) is 0 Å². The molecule has 0 aromatic heterocycles. The smallest absolute Gasteiger partial charge is 0.251 e. The van der Waals surface area contributed by atoms with Crippen LogP contribution in [-0.2, 0) is 20.8 Å². The summed E-state index contributed by atoms with van der Waals surface area (Å²) in [6, 6.07) is 24.6. The highest BCUT2D eigenvalue weighted by molar-refractivity contribution is 8.02. The quantitative estimate of drug-likeness (QED) is 0.239. The first-order chi connectivity index (χ1) is 22.8. The summed E-state index contributed by atoms with van der Waals surface area (Å²) in [5.74, 6) is -2.06. The second kappa shape index (κ2) is 13.7. The number of likely N-dealkylation sites (tertiary alicyclic amines) is 1. The summed E-state index contributed by atoms with van der Waals surface area (Å²) < 4.78 is -0.869. The van der Waals surface area contributed by atoms with Gasteiger partial charge >= 0.3 is 0 Å². The van der Waals surface area contributed by atoms with Gasteiger partial charge in [0.05, 0.1) is 29.2 Å². The van der Waals surface area contributed by atoms with Gasteiger partial charge in [0.2, 0.25) is 11.8 Å². The van der Waals surface area contributed by atoms with Gasteiger partial charge < -0.3 is 19.8 Å². The molecule has 2 bridgehead atoms. The molecule has 3 aromatic rings. The normalized spacial score (nSPS) is 26.5. The van der Waals surface area contributed by atoms with Crippen LogP contribution in [0.1, 0.15) is 18.9 Å². The third kappa shape index (κ3) is 5.70. The fraction of sp³-hybridized carbons (Fsp3) is 0.342. The monoisotopic (exact) mass is 669 g/mol. The summed E-state index contributed by atoms with van der Waals surface area (Å²) >= 11 is 7.83. The lowest BCUT2D eigenvalue weighted by Crippen LogP contribution is -2.59. The van der Waals surface area contributed by atoms with E-state index in [0.29, 0.717) is 30.1 Å². The summed E-state index contributed by atoms with van der Waals surface area (Å²) in [6.45, 7) is 10.1. The molecule has 0 aliphatic carbocycles. The van der Waals surface area contributed by atoms with Gasteiger partial charge in [0, 0.05) is 34.7 Å². The van der Waals surface area contributed by atoms with Crippen LogP contribution in [0.5, 0.6) is 0 Å². The zero-order valence-corrected chi connectivity index (χ0v) is 28.0. The molecule has 3 unspecified atom stereocenters. The highest BCUT2D eigenvalue weighted by Crippen LogP contribution is 2.69. The number of aliphatic hydroxyl groups is 1. The predicted molar refractivity (Wildman–Crippen MR) is 190 cm³/mol. The van der Waals surface area contributed by atoms with Crippen molar-refractivity contribution in [2.75, 3.05) is 29.5 Å². The lowest BCUT2D eigenvalue weighted by molar-refractivity contribution is -0.141. The van der Waals surface area contributed by atoms with Crippen LogP contribution in [0.25, 0.3) is 0 Å². The van der Waals surface area contributed by atoms with Crippen molar-refractivity contribution in [2.24, 2.45) is 17.8 Å². The number of halogens is 1. The molecule has 7 atom stereocenters. The minimum Gasteiger partial charge on any atom is -0.394 e. The van der Waals surface area contributed by atoms with Gasteiger partial charge in [-0.15, -0.1) is 24.9 Å². The highest BCUT2D eigenvalue weighted by Gasteiger charge is 2.77. The molecule has 3 aliphatic heterocycles. The summed E-state index contributed by atoms with van der Waals surface area (Å²) in [7, 11) is 0. The number of rotatable bonds is 12. The van der Waals surface area contributed by atoms with Crippen molar-refractivity contribution in [2.45, 2.75) is 41.8 Å². The topological polar surface area (TPSA) is 81.2 Å². The van der Waals surface area contributed by atoms with Gasteiger partial charge in [-0.3, -0.25) is 14.4 Å². The Labute approximate surface area is 285 Å². The molecule has 3 heterocycles. The first-order valence-corrected chi connectivity index (χ1v) is 17.3. The summed E-state index contributed by atoms with van der Waals surface area (Å²) in [5, 5.41) is 11.3. The molecule has 3 amide bonds. The van der Waals surface area contributed by atoms with Gasteiger partial charge in [0.1, 0.15) is 6.04 Å². The van der Waals surface area contributed by atoms with Gasteiger partial charge in [-0.2, -0.15) is 0 Å². The summed E-state index contributed by atoms with van der Waals surface area (Å²) in [4.78, 5) is 49.8. The Kier molecular flexibility index (Phi) is 9.65. The number of carbonyl (C=O) groups is 3. The van der Waals surface area contributed by atoms with Gasteiger partial charge in [-0.25, -0.2) is 0 Å². The molecular formula is C38H40ClN3O4S. The molecule has 3 saturated heterocycles. The number of hydrogen-bond acceptors (Lipinski definition) is 5. The fourth-order valence-electron chi connectivity index (χ4n) is 8.01. The Morgan fingerprint density at radius 2 is 1.53 bits per heavy atom. The highest BCUT2D eigenvalue weighted by atomic mass is 35.5. The molecule has 3 aromatic carbocycles. The van der Waals surface area contributed by atoms with E-state index in [-0.39, 0.29) is 42.0 Å². The number of amides is 3. The van der Waals surface area contributed by atoms with Crippen LogP contribution in [-0.4, -0.2) is 69.5 Å². The number of fused-ring (bicyclic) bond motifs is 1. The molecule has 1 spiro atoms. The predicted octanol–water partition coefficient (Wildman–Crippen LogP) is 6.02. The van der Waals surface area contributed by atoms with E-state index in [4.69, 9.17) is 11.6 Å². The van der Waals surface area contributed by atoms with Crippen molar-refractivity contribution < 1.29 is 19.5 Å². The Hall–Kier alpha value is -3.85. The van der Waals surface area contributed by atoms with Crippen molar-refractivity contribution in [1.29, 1.82) is 0 Å². The largest absolute Gasteiger partial charge is 0.394 e. The standard InChI is InChI=1S/C38H40ClN3O4S/c1-4-20-40(28-14-10-7-11-15-28)35(44)32-31-22-25(3)38(47-31)33(32)36(45)42(30(24-43)23-26-12-8-6-9-13-26)34(38)37(46)41(21-5-2)29-18-16-27(39)17-19-29/h4-19,25,30-34,43H,1-2,20-24H2,3H3/t25?,30-,31-,32+,33+,34?,38?/m1/s1. The molecule has 47 heavy (non-hydrogen) atoms. The number of thioether (sulfide) groups is 1. The number of carbonyl (C=O) groups excluding carboxylic acids is 3. The van der Waals surface area contributed by atoms with Gasteiger partial charge in [-0.05, 0) is 60.7 Å². The van der Waals surface area contributed by atoms with Gasteiger partial charge in [0.25, 0.3) is 5.91 Å².